The summed E-state index contributed by atoms with van der Waals surface area (Å²) in [5.41, 5.74) is 2.95. The van der Waals surface area contributed by atoms with Gasteiger partial charge in [-0.05, 0) is 75.4 Å². The van der Waals surface area contributed by atoms with Crippen LogP contribution in [0.15, 0.2) is 24.3 Å². The minimum absolute atomic E-state index is 0.811. The van der Waals surface area contributed by atoms with E-state index in [9.17, 15) is 0 Å². The zero-order valence-corrected chi connectivity index (χ0v) is 14.7. The number of hydrogen-bond acceptors (Lipinski definition) is 1. The molecule has 0 spiro atoms. The first-order valence-electron chi connectivity index (χ1n) is 9.60. The Balaban J connectivity index is 0.000000693. The molecule has 1 aromatic carbocycles. The van der Waals surface area contributed by atoms with Crippen molar-refractivity contribution in [1.29, 1.82) is 0 Å². The van der Waals surface area contributed by atoms with Crippen molar-refractivity contribution in [1.82, 2.24) is 4.90 Å². The molecule has 0 radical (unpaired) electrons. The number of benzene rings is 1. The summed E-state index contributed by atoms with van der Waals surface area (Å²) in [6, 6.07) is 10.2. The van der Waals surface area contributed by atoms with Crippen LogP contribution >= 0.6 is 0 Å². The van der Waals surface area contributed by atoms with Crippen molar-refractivity contribution >= 4 is 0 Å². The van der Waals surface area contributed by atoms with Crippen LogP contribution in [0.5, 0.6) is 0 Å². The highest BCUT2D eigenvalue weighted by Crippen LogP contribution is 2.47. The van der Waals surface area contributed by atoms with Gasteiger partial charge in [0, 0.05) is 6.04 Å². The van der Waals surface area contributed by atoms with E-state index in [1.165, 1.54) is 50.8 Å². The van der Waals surface area contributed by atoms with Crippen LogP contribution in [0.25, 0.3) is 0 Å². The first-order valence-corrected chi connectivity index (χ1v) is 9.60. The third-order valence-electron chi connectivity index (χ3n) is 6.25. The average Bonchev–Trinajstić information content (AvgIpc) is 3.21. The van der Waals surface area contributed by atoms with Crippen LogP contribution in [-0.4, -0.2) is 24.0 Å². The van der Waals surface area contributed by atoms with E-state index in [4.69, 9.17) is 0 Å². The van der Waals surface area contributed by atoms with Crippen molar-refractivity contribution in [2.75, 3.05) is 13.1 Å². The van der Waals surface area contributed by atoms with Gasteiger partial charge in [0.25, 0.3) is 0 Å². The Bertz CT molecular complexity index is 455. The number of likely N-dealkylation sites (tertiary alicyclic amines) is 1. The minimum atomic E-state index is 0.811. The maximum atomic E-state index is 2.84. The summed E-state index contributed by atoms with van der Waals surface area (Å²) in [6.07, 6.45) is 8.85. The summed E-state index contributed by atoms with van der Waals surface area (Å²) < 4.78 is 0. The third kappa shape index (κ3) is 3.25. The molecule has 1 aromatic rings. The lowest BCUT2D eigenvalue weighted by Crippen LogP contribution is -2.43. The summed E-state index contributed by atoms with van der Waals surface area (Å²) in [5, 5.41) is 0. The maximum Gasteiger partial charge on any atom is 0.0126 e. The zero-order valence-electron chi connectivity index (χ0n) is 14.7. The lowest BCUT2D eigenvalue weighted by molar-refractivity contribution is 0.111. The molecule has 3 unspecified atom stereocenters. The van der Waals surface area contributed by atoms with E-state index < -0.39 is 0 Å². The number of hydrogen-bond donors (Lipinski definition) is 0. The largest absolute Gasteiger partial charge is 0.300 e. The lowest BCUT2D eigenvalue weighted by Gasteiger charge is -2.39. The quantitative estimate of drug-likeness (QED) is 0.707. The Hall–Kier alpha value is -0.820. The SMILES string of the molecule is CC.Cc1ccc(C2CCN(C3CC4CCC3C4)CC2)cc1. The van der Waals surface area contributed by atoms with E-state index in [0.717, 1.165) is 23.8 Å². The second kappa shape index (κ2) is 7.17. The molecule has 2 saturated carbocycles. The second-order valence-electron chi connectivity index (χ2n) is 7.46. The molecule has 0 amide bonds. The maximum absolute atomic E-state index is 2.84. The van der Waals surface area contributed by atoms with Crippen molar-refractivity contribution in [2.24, 2.45) is 11.8 Å². The molecule has 0 N–H and O–H groups in total. The van der Waals surface area contributed by atoms with Crippen molar-refractivity contribution in [2.45, 2.75) is 71.3 Å². The molecule has 2 bridgehead atoms. The van der Waals surface area contributed by atoms with Crippen molar-refractivity contribution in [3.8, 4) is 0 Å². The van der Waals surface area contributed by atoms with Gasteiger partial charge in [0.2, 0.25) is 0 Å². The summed E-state index contributed by atoms with van der Waals surface area (Å²) in [7, 11) is 0. The molecule has 1 aliphatic heterocycles. The number of aryl methyl sites for hydroxylation is 1. The molecular weight excluding hydrogens is 266 g/mol. The zero-order chi connectivity index (χ0) is 15.5. The van der Waals surface area contributed by atoms with Gasteiger partial charge in [-0.25, -0.2) is 0 Å². The molecule has 1 saturated heterocycles. The average molecular weight is 300 g/mol. The Labute approximate surface area is 137 Å². The van der Waals surface area contributed by atoms with Gasteiger partial charge in [-0.3, -0.25) is 0 Å². The van der Waals surface area contributed by atoms with Crippen LogP contribution in [0.2, 0.25) is 0 Å². The molecule has 3 fully saturated rings. The van der Waals surface area contributed by atoms with Gasteiger partial charge in [0.05, 0.1) is 0 Å². The van der Waals surface area contributed by atoms with Crippen molar-refractivity contribution in [3.05, 3.63) is 35.4 Å². The highest BCUT2D eigenvalue weighted by molar-refractivity contribution is 5.25. The van der Waals surface area contributed by atoms with Crippen LogP contribution in [0.4, 0.5) is 0 Å². The topological polar surface area (TPSA) is 3.24 Å². The predicted octanol–water partition coefficient (Wildman–Crippen LogP) is 5.39. The third-order valence-corrected chi connectivity index (χ3v) is 6.25. The fourth-order valence-electron chi connectivity index (χ4n) is 5.06. The van der Waals surface area contributed by atoms with Crippen LogP contribution in [0.3, 0.4) is 0 Å². The van der Waals surface area contributed by atoms with Gasteiger partial charge in [0.1, 0.15) is 0 Å². The molecule has 1 nitrogen and oxygen atoms in total. The van der Waals surface area contributed by atoms with Crippen LogP contribution < -0.4 is 0 Å². The first kappa shape index (κ1) is 16.1. The summed E-state index contributed by atoms with van der Waals surface area (Å²) in [6.45, 7) is 8.86. The summed E-state index contributed by atoms with van der Waals surface area (Å²) in [5.74, 6) is 2.95. The van der Waals surface area contributed by atoms with Gasteiger partial charge >= 0.3 is 0 Å². The van der Waals surface area contributed by atoms with E-state index >= 15 is 0 Å². The van der Waals surface area contributed by atoms with Gasteiger partial charge in [-0.1, -0.05) is 50.1 Å². The van der Waals surface area contributed by atoms with Crippen LogP contribution in [-0.2, 0) is 0 Å². The summed E-state index contributed by atoms with van der Waals surface area (Å²) >= 11 is 0. The normalized spacial score (nSPS) is 31.9. The van der Waals surface area contributed by atoms with Crippen LogP contribution in [0.1, 0.15) is 69.4 Å². The van der Waals surface area contributed by atoms with Crippen LogP contribution in [0, 0.1) is 18.8 Å². The Kier molecular flexibility index (Phi) is 5.23. The molecule has 4 rings (SSSR count). The van der Waals surface area contributed by atoms with Gasteiger partial charge in [0.15, 0.2) is 0 Å². The molecule has 3 aliphatic rings. The Morgan fingerprint density at radius 1 is 0.864 bits per heavy atom. The predicted molar refractivity (Wildman–Crippen MR) is 95.3 cm³/mol. The number of rotatable bonds is 2. The summed E-state index contributed by atoms with van der Waals surface area (Å²) in [4.78, 5) is 2.84. The van der Waals surface area contributed by atoms with Gasteiger partial charge in [-0.15, -0.1) is 0 Å². The molecule has 1 heterocycles. The highest BCUT2D eigenvalue weighted by Gasteiger charge is 2.42. The smallest absolute Gasteiger partial charge is 0.0126 e. The first-order chi connectivity index (χ1) is 10.8. The van der Waals surface area contributed by atoms with Gasteiger partial charge < -0.3 is 4.90 Å². The van der Waals surface area contributed by atoms with E-state index in [-0.39, 0.29) is 0 Å². The monoisotopic (exact) mass is 299 g/mol. The molecular formula is C21H33N. The Morgan fingerprint density at radius 3 is 2.09 bits per heavy atom. The van der Waals surface area contributed by atoms with E-state index in [1.54, 1.807) is 12.0 Å². The van der Waals surface area contributed by atoms with Crippen molar-refractivity contribution < 1.29 is 0 Å². The molecule has 122 valence electrons. The lowest BCUT2D eigenvalue weighted by atomic mass is 9.86. The highest BCUT2D eigenvalue weighted by atomic mass is 15.2. The Morgan fingerprint density at radius 2 is 1.55 bits per heavy atom. The number of fused-ring (bicyclic) bond motifs is 2. The van der Waals surface area contributed by atoms with Crippen molar-refractivity contribution in [3.63, 3.8) is 0 Å². The van der Waals surface area contributed by atoms with E-state index in [2.05, 4.69) is 36.1 Å². The molecule has 22 heavy (non-hydrogen) atoms. The molecule has 0 aromatic heterocycles. The standard InChI is InChI=1S/C19H27N.C2H6/c1-14-2-5-16(6-3-14)17-8-10-20(11-9-17)19-13-15-4-7-18(19)12-15;1-2/h2-3,5-6,15,17-19H,4,7-13H2,1H3;1-2H3. The number of piperidine rings is 1. The minimum Gasteiger partial charge on any atom is -0.300 e. The molecule has 3 atom stereocenters. The molecule has 2 aliphatic carbocycles. The second-order valence-corrected chi connectivity index (χ2v) is 7.46. The van der Waals surface area contributed by atoms with E-state index in [1.807, 2.05) is 13.8 Å². The number of nitrogens with zero attached hydrogens (tertiary/aromatic N) is 1. The fourth-order valence-corrected chi connectivity index (χ4v) is 5.06. The fraction of sp³-hybridized carbons (Fsp3) is 0.714. The van der Waals surface area contributed by atoms with E-state index in [0.29, 0.717) is 0 Å². The van der Waals surface area contributed by atoms with Gasteiger partial charge in [-0.2, -0.15) is 0 Å². The molecule has 1 heteroatoms.